The largest absolute Gasteiger partial charge is 0.0654 e. The maximum atomic E-state index is 4.69. The molecule has 0 spiro atoms. The Morgan fingerprint density at radius 1 is 0.407 bits per heavy atom. The van der Waals surface area contributed by atoms with Gasteiger partial charge in [0.2, 0.25) is 0 Å². The Labute approximate surface area is 171 Å². The molecule has 0 unspecified atom stereocenters. The zero-order valence-electron chi connectivity index (χ0n) is 19.3. The van der Waals surface area contributed by atoms with Crippen molar-refractivity contribution in [2.45, 2.75) is 131 Å². The van der Waals surface area contributed by atoms with E-state index in [4.69, 9.17) is 0 Å². The van der Waals surface area contributed by atoms with Gasteiger partial charge in [-0.3, -0.25) is 0 Å². The molecule has 1 rings (SSSR count). The Hall–Kier alpha value is -0.780. The van der Waals surface area contributed by atoms with E-state index in [1.807, 2.05) is 0 Å². The summed E-state index contributed by atoms with van der Waals surface area (Å²) in [4.78, 5) is 0. The summed E-state index contributed by atoms with van der Waals surface area (Å²) in [6.07, 6.45) is 19.3. The third kappa shape index (κ3) is 7.28. The van der Waals surface area contributed by atoms with Crippen LogP contribution < -0.4 is 0 Å². The molecule has 0 aliphatic carbocycles. The lowest BCUT2D eigenvalue weighted by Gasteiger charge is -2.26. The molecule has 27 heavy (non-hydrogen) atoms. The van der Waals surface area contributed by atoms with Crippen LogP contribution in [-0.4, -0.2) is 0 Å². The standard InChI is InChI=1S/C27H47/c1-7-12-17-23-22(6)24(18-13-8-2)26(20-15-10-4)27(21-16-11-5)25(23)19-14-9-3/h6-21H2,1-5H3. The molecule has 0 heteroatoms. The maximum absolute atomic E-state index is 4.69. The summed E-state index contributed by atoms with van der Waals surface area (Å²) in [7, 11) is 0. The van der Waals surface area contributed by atoms with Gasteiger partial charge in [-0.15, -0.1) is 0 Å². The van der Waals surface area contributed by atoms with E-state index < -0.39 is 0 Å². The van der Waals surface area contributed by atoms with Crippen molar-refractivity contribution in [2.75, 3.05) is 0 Å². The molecule has 155 valence electrons. The number of rotatable bonds is 15. The average Bonchev–Trinajstić information content (AvgIpc) is 2.68. The minimum Gasteiger partial charge on any atom is -0.0654 e. The molecule has 0 heterocycles. The highest BCUT2D eigenvalue weighted by molar-refractivity contribution is 5.54. The number of unbranched alkanes of at least 4 members (excludes halogenated alkanes) is 5. The molecule has 1 aromatic rings. The summed E-state index contributed by atoms with van der Waals surface area (Å²) in [6.45, 7) is 16.3. The summed E-state index contributed by atoms with van der Waals surface area (Å²) >= 11 is 0. The van der Waals surface area contributed by atoms with E-state index in [9.17, 15) is 0 Å². The van der Waals surface area contributed by atoms with Crippen molar-refractivity contribution in [3.8, 4) is 0 Å². The highest BCUT2D eigenvalue weighted by Gasteiger charge is 2.20. The highest BCUT2D eigenvalue weighted by atomic mass is 14.3. The Morgan fingerprint density at radius 2 is 0.630 bits per heavy atom. The van der Waals surface area contributed by atoms with Crippen LogP contribution in [0.15, 0.2) is 0 Å². The molecule has 0 nitrogen and oxygen atoms in total. The maximum Gasteiger partial charge on any atom is -0.0232 e. The summed E-state index contributed by atoms with van der Waals surface area (Å²) in [5.41, 5.74) is 9.90. The van der Waals surface area contributed by atoms with E-state index in [-0.39, 0.29) is 0 Å². The zero-order valence-corrected chi connectivity index (χ0v) is 19.3. The number of benzene rings is 1. The summed E-state index contributed by atoms with van der Waals surface area (Å²) in [5, 5.41) is 0. The van der Waals surface area contributed by atoms with Crippen molar-refractivity contribution in [2.24, 2.45) is 0 Å². The van der Waals surface area contributed by atoms with Crippen LogP contribution in [0.1, 0.15) is 132 Å². The lowest BCUT2D eigenvalue weighted by atomic mass is 9.79. The van der Waals surface area contributed by atoms with Gasteiger partial charge < -0.3 is 0 Å². The first-order chi connectivity index (χ1) is 13.2. The van der Waals surface area contributed by atoms with E-state index in [1.165, 1.54) is 102 Å². The molecular formula is C27H47. The van der Waals surface area contributed by atoms with Crippen LogP contribution in [0.3, 0.4) is 0 Å². The number of hydrogen-bond donors (Lipinski definition) is 0. The lowest BCUT2D eigenvalue weighted by Crippen LogP contribution is -2.13. The van der Waals surface area contributed by atoms with Crippen LogP contribution in [0.2, 0.25) is 0 Å². The Kier molecular flexibility index (Phi) is 12.8. The zero-order chi connectivity index (χ0) is 20.1. The fourth-order valence-corrected chi connectivity index (χ4v) is 4.37. The molecule has 0 aliphatic heterocycles. The van der Waals surface area contributed by atoms with Gasteiger partial charge in [-0.05, 0) is 105 Å². The van der Waals surface area contributed by atoms with Gasteiger partial charge in [0, 0.05) is 0 Å². The van der Waals surface area contributed by atoms with Crippen LogP contribution in [-0.2, 0) is 32.1 Å². The van der Waals surface area contributed by atoms with E-state index in [0.717, 1.165) is 0 Å². The Morgan fingerprint density at radius 3 is 0.889 bits per heavy atom. The predicted molar refractivity (Wildman–Crippen MR) is 124 cm³/mol. The van der Waals surface area contributed by atoms with Gasteiger partial charge in [0.1, 0.15) is 0 Å². The van der Waals surface area contributed by atoms with E-state index in [2.05, 4.69) is 41.5 Å². The lowest BCUT2D eigenvalue weighted by molar-refractivity contribution is 0.702. The van der Waals surface area contributed by atoms with Crippen molar-refractivity contribution in [1.29, 1.82) is 0 Å². The van der Waals surface area contributed by atoms with Crippen LogP contribution in [0, 0.1) is 6.92 Å². The molecule has 0 bridgehead atoms. The Balaban J connectivity index is 3.57. The second kappa shape index (κ2) is 14.3. The molecule has 0 amide bonds. The molecule has 0 aromatic heterocycles. The van der Waals surface area contributed by atoms with Crippen LogP contribution in [0.25, 0.3) is 0 Å². The van der Waals surface area contributed by atoms with Gasteiger partial charge in [0.25, 0.3) is 0 Å². The van der Waals surface area contributed by atoms with Gasteiger partial charge in [0.05, 0.1) is 0 Å². The molecule has 0 fully saturated rings. The van der Waals surface area contributed by atoms with Crippen molar-refractivity contribution in [3.63, 3.8) is 0 Å². The van der Waals surface area contributed by atoms with Gasteiger partial charge in [-0.2, -0.15) is 0 Å². The van der Waals surface area contributed by atoms with Crippen molar-refractivity contribution in [1.82, 2.24) is 0 Å². The SMILES string of the molecule is [CH2]c1c(CCCC)c(CCCC)c(CCCC)c(CCCC)c1CCCC. The smallest absolute Gasteiger partial charge is 0.0232 e. The minimum atomic E-state index is 1.24. The second-order valence-electron chi connectivity index (χ2n) is 8.39. The first-order valence-corrected chi connectivity index (χ1v) is 12.2. The second-order valence-corrected chi connectivity index (χ2v) is 8.39. The van der Waals surface area contributed by atoms with Crippen molar-refractivity contribution < 1.29 is 0 Å². The normalized spacial score (nSPS) is 11.3. The van der Waals surface area contributed by atoms with Gasteiger partial charge in [-0.1, -0.05) is 66.7 Å². The molecule has 0 atom stereocenters. The van der Waals surface area contributed by atoms with Crippen LogP contribution in [0.4, 0.5) is 0 Å². The van der Waals surface area contributed by atoms with Crippen molar-refractivity contribution >= 4 is 0 Å². The van der Waals surface area contributed by atoms with E-state index >= 15 is 0 Å². The topological polar surface area (TPSA) is 0 Å². The first kappa shape index (κ1) is 24.3. The van der Waals surface area contributed by atoms with E-state index in [1.54, 1.807) is 27.8 Å². The summed E-state index contributed by atoms with van der Waals surface area (Å²) in [5.74, 6) is 0. The Bertz CT molecular complexity index is 482. The quantitative estimate of drug-likeness (QED) is 0.289. The molecule has 1 aromatic carbocycles. The molecule has 0 N–H and O–H groups in total. The molecular weight excluding hydrogens is 324 g/mol. The van der Waals surface area contributed by atoms with E-state index in [0.29, 0.717) is 0 Å². The van der Waals surface area contributed by atoms with Crippen molar-refractivity contribution in [3.05, 3.63) is 40.3 Å². The monoisotopic (exact) mass is 371 g/mol. The first-order valence-electron chi connectivity index (χ1n) is 12.2. The minimum absolute atomic E-state index is 1.24. The predicted octanol–water partition coefficient (Wildman–Crippen LogP) is 8.58. The highest BCUT2D eigenvalue weighted by Crippen LogP contribution is 2.34. The summed E-state index contributed by atoms with van der Waals surface area (Å²) in [6, 6.07) is 0. The molecule has 0 saturated heterocycles. The molecule has 1 radical (unpaired) electrons. The van der Waals surface area contributed by atoms with Gasteiger partial charge >= 0.3 is 0 Å². The molecule has 0 saturated carbocycles. The third-order valence-electron chi connectivity index (χ3n) is 6.09. The third-order valence-corrected chi connectivity index (χ3v) is 6.09. The van der Waals surface area contributed by atoms with Gasteiger partial charge in [0.15, 0.2) is 0 Å². The van der Waals surface area contributed by atoms with Crippen LogP contribution in [0.5, 0.6) is 0 Å². The summed E-state index contributed by atoms with van der Waals surface area (Å²) < 4.78 is 0. The number of hydrogen-bond acceptors (Lipinski definition) is 0. The average molecular weight is 372 g/mol. The van der Waals surface area contributed by atoms with Crippen LogP contribution >= 0.6 is 0 Å². The van der Waals surface area contributed by atoms with Gasteiger partial charge in [-0.25, -0.2) is 0 Å². The fraction of sp³-hybridized carbons (Fsp3) is 0.741. The molecule has 0 aliphatic rings. The fourth-order valence-electron chi connectivity index (χ4n) is 4.37.